The molecule has 0 aliphatic carbocycles. The molecule has 25 heavy (non-hydrogen) atoms. The van der Waals surface area contributed by atoms with E-state index in [0.29, 0.717) is 47.4 Å². The molecule has 2 aromatic rings. The molecule has 2 heterocycles. The van der Waals surface area contributed by atoms with Crippen LogP contribution in [0.3, 0.4) is 0 Å². The molecule has 1 unspecified atom stereocenters. The summed E-state index contributed by atoms with van der Waals surface area (Å²) in [6.45, 7) is 2.90. The zero-order chi connectivity index (χ0) is 18.0. The van der Waals surface area contributed by atoms with Crippen LogP contribution in [0, 0.1) is 11.7 Å². The van der Waals surface area contributed by atoms with E-state index in [2.05, 4.69) is 15.6 Å². The first-order valence-electron chi connectivity index (χ1n) is 8.09. The first-order valence-corrected chi connectivity index (χ1v) is 8.09. The van der Waals surface area contributed by atoms with Gasteiger partial charge in [-0.3, -0.25) is 9.59 Å². The van der Waals surface area contributed by atoms with Crippen LogP contribution in [-0.4, -0.2) is 43.6 Å². The second-order valence-corrected chi connectivity index (χ2v) is 5.94. The highest BCUT2D eigenvalue weighted by molar-refractivity contribution is 6.10. The number of ether oxygens (including phenoxy) is 1. The summed E-state index contributed by atoms with van der Waals surface area (Å²) < 4.78 is 18.7. The average Bonchev–Trinajstić information content (AvgIpc) is 2.88. The van der Waals surface area contributed by atoms with Gasteiger partial charge in [-0.05, 0) is 30.7 Å². The number of methoxy groups -OCH3 is 1. The zero-order valence-corrected chi connectivity index (χ0v) is 14.1. The summed E-state index contributed by atoms with van der Waals surface area (Å²) in [5, 5.41) is 6.15. The lowest BCUT2D eigenvalue weighted by Crippen LogP contribution is -2.32. The Morgan fingerprint density at radius 1 is 1.44 bits per heavy atom. The Morgan fingerprint density at radius 3 is 3.00 bits per heavy atom. The molecule has 0 spiro atoms. The van der Waals surface area contributed by atoms with E-state index < -0.39 is 11.7 Å². The Balaban J connectivity index is 2.04. The van der Waals surface area contributed by atoms with E-state index in [1.165, 1.54) is 12.1 Å². The highest BCUT2D eigenvalue weighted by Gasteiger charge is 2.28. The molecule has 1 aromatic heterocycles. The summed E-state index contributed by atoms with van der Waals surface area (Å²) in [6.07, 6.45) is 1.81. The fraction of sp³-hybridized carbons (Fsp3) is 0.333. The lowest BCUT2D eigenvalue weighted by molar-refractivity contribution is -0.123. The molecule has 7 heteroatoms. The van der Waals surface area contributed by atoms with Crippen LogP contribution >= 0.6 is 0 Å². The summed E-state index contributed by atoms with van der Waals surface area (Å²) >= 11 is 0. The van der Waals surface area contributed by atoms with Crippen molar-refractivity contribution in [1.29, 1.82) is 0 Å². The third kappa shape index (κ3) is 3.28. The maximum atomic E-state index is 13.7. The fourth-order valence-corrected chi connectivity index (χ4v) is 3.04. The molecule has 0 fully saturated rings. The molecule has 3 N–H and O–H groups in total. The van der Waals surface area contributed by atoms with Crippen LogP contribution in [0.1, 0.15) is 23.0 Å². The van der Waals surface area contributed by atoms with Crippen molar-refractivity contribution >= 4 is 28.3 Å². The van der Waals surface area contributed by atoms with Crippen molar-refractivity contribution in [1.82, 2.24) is 15.6 Å². The number of hydrogen-bond acceptors (Lipinski definition) is 3. The Bertz CT molecular complexity index is 857. The SMILES string of the molecule is COCCNC(=O)C(C)C1=CCNC(=O)c2[nH]c3ccc(F)cc3c21. The van der Waals surface area contributed by atoms with Crippen molar-refractivity contribution in [2.45, 2.75) is 6.92 Å². The molecule has 3 rings (SSSR count). The first kappa shape index (κ1) is 17.2. The van der Waals surface area contributed by atoms with Gasteiger partial charge in [0.15, 0.2) is 0 Å². The number of H-pyrrole nitrogens is 1. The van der Waals surface area contributed by atoms with Crippen molar-refractivity contribution in [3.63, 3.8) is 0 Å². The summed E-state index contributed by atoms with van der Waals surface area (Å²) in [5.74, 6) is -1.33. The normalized spacial score (nSPS) is 15.2. The quantitative estimate of drug-likeness (QED) is 0.723. The summed E-state index contributed by atoms with van der Waals surface area (Å²) in [5.41, 5.74) is 2.28. The lowest BCUT2D eigenvalue weighted by Gasteiger charge is -2.16. The van der Waals surface area contributed by atoms with E-state index in [-0.39, 0.29) is 11.8 Å². The molecule has 0 radical (unpaired) electrons. The number of nitrogens with one attached hydrogen (secondary N) is 3. The Morgan fingerprint density at radius 2 is 2.24 bits per heavy atom. The van der Waals surface area contributed by atoms with Crippen molar-refractivity contribution in [3.8, 4) is 0 Å². The molecule has 6 nitrogen and oxygen atoms in total. The smallest absolute Gasteiger partial charge is 0.268 e. The molecule has 1 aromatic carbocycles. The minimum absolute atomic E-state index is 0.172. The van der Waals surface area contributed by atoms with Crippen LogP contribution in [0.5, 0.6) is 0 Å². The van der Waals surface area contributed by atoms with Gasteiger partial charge in [-0.1, -0.05) is 6.08 Å². The minimum atomic E-state index is -0.495. The summed E-state index contributed by atoms with van der Waals surface area (Å²) in [6, 6.07) is 4.31. The van der Waals surface area contributed by atoms with Gasteiger partial charge in [0.2, 0.25) is 5.91 Å². The Kier molecular flexibility index (Phi) is 4.85. The van der Waals surface area contributed by atoms with Gasteiger partial charge in [0.25, 0.3) is 5.91 Å². The van der Waals surface area contributed by atoms with Crippen LogP contribution in [0.25, 0.3) is 16.5 Å². The molecule has 2 amide bonds. The van der Waals surface area contributed by atoms with Crippen molar-refractivity contribution in [2.75, 3.05) is 26.8 Å². The van der Waals surface area contributed by atoms with E-state index in [0.717, 1.165) is 0 Å². The minimum Gasteiger partial charge on any atom is -0.383 e. The van der Waals surface area contributed by atoms with Crippen LogP contribution in [0.4, 0.5) is 4.39 Å². The van der Waals surface area contributed by atoms with Gasteiger partial charge in [-0.25, -0.2) is 4.39 Å². The largest absolute Gasteiger partial charge is 0.383 e. The van der Waals surface area contributed by atoms with Gasteiger partial charge in [-0.15, -0.1) is 0 Å². The van der Waals surface area contributed by atoms with E-state index >= 15 is 0 Å². The van der Waals surface area contributed by atoms with Crippen molar-refractivity contribution in [2.24, 2.45) is 5.92 Å². The summed E-state index contributed by atoms with van der Waals surface area (Å²) in [7, 11) is 1.56. The molecule has 0 bridgehead atoms. The number of carbonyl (C=O) groups excluding carboxylic acids is 2. The number of amides is 2. The molecule has 132 valence electrons. The van der Waals surface area contributed by atoms with Gasteiger partial charge in [0.1, 0.15) is 11.5 Å². The second kappa shape index (κ2) is 7.06. The number of hydrogen-bond donors (Lipinski definition) is 3. The third-order valence-corrected chi connectivity index (χ3v) is 4.33. The van der Waals surface area contributed by atoms with E-state index in [9.17, 15) is 14.0 Å². The molecule has 0 saturated carbocycles. The van der Waals surface area contributed by atoms with E-state index in [1.54, 1.807) is 20.1 Å². The molecular weight excluding hydrogens is 325 g/mol. The van der Waals surface area contributed by atoms with Crippen LogP contribution in [-0.2, 0) is 9.53 Å². The summed E-state index contributed by atoms with van der Waals surface area (Å²) in [4.78, 5) is 27.8. The predicted octanol–water partition coefficient (Wildman–Crippen LogP) is 1.83. The number of halogens is 1. The second-order valence-electron chi connectivity index (χ2n) is 5.94. The van der Waals surface area contributed by atoms with Crippen LogP contribution in [0.15, 0.2) is 24.3 Å². The Hall–Kier alpha value is -2.67. The Labute approximate surface area is 144 Å². The third-order valence-electron chi connectivity index (χ3n) is 4.33. The number of rotatable bonds is 5. The lowest BCUT2D eigenvalue weighted by atomic mass is 9.91. The number of aromatic amines is 1. The number of aromatic nitrogens is 1. The van der Waals surface area contributed by atoms with Gasteiger partial charge >= 0.3 is 0 Å². The maximum Gasteiger partial charge on any atom is 0.268 e. The van der Waals surface area contributed by atoms with E-state index in [4.69, 9.17) is 4.74 Å². The number of benzene rings is 1. The van der Waals surface area contributed by atoms with Crippen LogP contribution in [0.2, 0.25) is 0 Å². The highest BCUT2D eigenvalue weighted by atomic mass is 19.1. The standard InChI is InChI=1S/C18H20FN3O3/c1-10(17(23)21-7-8-25-2)12-5-6-20-18(24)16-15(12)13-9-11(19)3-4-14(13)22-16/h3-5,9-10,22H,6-8H2,1-2H3,(H,20,24)(H,21,23). The zero-order valence-electron chi connectivity index (χ0n) is 14.1. The fourth-order valence-electron chi connectivity index (χ4n) is 3.04. The first-order chi connectivity index (χ1) is 12.0. The molecule has 0 saturated heterocycles. The molecule has 1 aliphatic rings. The monoisotopic (exact) mass is 345 g/mol. The number of carbonyl (C=O) groups is 2. The van der Waals surface area contributed by atoms with Gasteiger partial charge in [-0.2, -0.15) is 0 Å². The van der Waals surface area contributed by atoms with Crippen molar-refractivity contribution in [3.05, 3.63) is 41.3 Å². The molecule has 1 atom stereocenters. The van der Waals surface area contributed by atoms with Crippen LogP contribution < -0.4 is 10.6 Å². The highest BCUT2D eigenvalue weighted by Crippen LogP contribution is 2.35. The van der Waals surface area contributed by atoms with Gasteiger partial charge < -0.3 is 20.4 Å². The molecule has 1 aliphatic heterocycles. The topological polar surface area (TPSA) is 83.2 Å². The van der Waals surface area contributed by atoms with Gasteiger partial charge in [0.05, 0.1) is 12.5 Å². The van der Waals surface area contributed by atoms with E-state index in [1.807, 2.05) is 6.08 Å². The van der Waals surface area contributed by atoms with Crippen molar-refractivity contribution < 1.29 is 18.7 Å². The average molecular weight is 345 g/mol. The maximum absolute atomic E-state index is 13.7. The number of fused-ring (bicyclic) bond motifs is 3. The predicted molar refractivity (Wildman–Crippen MR) is 92.6 cm³/mol. The molecular formula is C18H20FN3O3. The van der Waals surface area contributed by atoms with Gasteiger partial charge in [0, 0.05) is 36.7 Å².